The van der Waals surface area contributed by atoms with Gasteiger partial charge in [0, 0.05) is 5.92 Å². The molecule has 0 saturated heterocycles. The van der Waals surface area contributed by atoms with Crippen LogP contribution in [-0.2, 0) is 19.1 Å². The van der Waals surface area contributed by atoms with Crippen molar-refractivity contribution in [3.8, 4) is 0 Å². The van der Waals surface area contributed by atoms with Crippen LogP contribution in [0.5, 0.6) is 0 Å². The molecule has 9 nitrogen and oxygen atoms in total. The van der Waals surface area contributed by atoms with Crippen molar-refractivity contribution in [1.82, 2.24) is 5.32 Å². The summed E-state index contributed by atoms with van der Waals surface area (Å²) < 4.78 is 9.93. The number of esters is 1. The van der Waals surface area contributed by atoms with E-state index in [-0.39, 0.29) is 17.6 Å². The van der Waals surface area contributed by atoms with Crippen LogP contribution in [0.25, 0.3) is 0 Å². The molecular weight excluding hydrogens is 308 g/mol. The number of amides is 1. The molecule has 6 N–H and O–H groups in total. The van der Waals surface area contributed by atoms with Crippen molar-refractivity contribution < 1.29 is 34.4 Å². The Bertz CT molecular complexity index is 492. The number of carbonyl (C=O) groups is 2. The summed E-state index contributed by atoms with van der Waals surface area (Å²) in [6.07, 6.45) is -1.41. The average molecular weight is 330 g/mol. The average Bonchev–Trinajstić information content (AvgIpc) is 3.38. The molecule has 0 aromatic rings. The molecule has 2 rings (SSSR count). The molecule has 1 amide bonds. The highest BCUT2D eigenvalue weighted by Crippen LogP contribution is 2.30. The zero-order valence-electron chi connectivity index (χ0n) is 12.7. The first-order valence-electron chi connectivity index (χ1n) is 7.38. The SMILES string of the molecule is COC(=O)C1=C[C@H](N)[C@@H](NC(=O)C2CC2)[C@H]([C@H](O)[C@H](O)CO)O1. The molecule has 0 radical (unpaired) electrons. The predicted octanol–water partition coefficient (Wildman–Crippen LogP) is -2.62. The molecule has 5 atom stereocenters. The zero-order chi connectivity index (χ0) is 17.1. The van der Waals surface area contributed by atoms with Crippen LogP contribution in [0.4, 0.5) is 0 Å². The van der Waals surface area contributed by atoms with Crippen molar-refractivity contribution in [2.45, 2.75) is 43.2 Å². The third kappa shape index (κ3) is 3.99. The van der Waals surface area contributed by atoms with E-state index < -0.39 is 43.0 Å². The number of rotatable bonds is 6. The van der Waals surface area contributed by atoms with E-state index in [4.69, 9.17) is 15.6 Å². The molecule has 1 aliphatic carbocycles. The number of methoxy groups -OCH3 is 1. The summed E-state index contributed by atoms with van der Waals surface area (Å²) in [6.45, 7) is -0.711. The van der Waals surface area contributed by atoms with E-state index in [0.717, 1.165) is 20.0 Å². The van der Waals surface area contributed by atoms with E-state index in [2.05, 4.69) is 10.1 Å². The minimum Gasteiger partial charge on any atom is -0.478 e. The first-order valence-corrected chi connectivity index (χ1v) is 7.38. The van der Waals surface area contributed by atoms with Crippen molar-refractivity contribution in [1.29, 1.82) is 0 Å². The molecular formula is C14H22N2O7. The summed E-state index contributed by atoms with van der Waals surface area (Å²) in [7, 11) is 1.16. The van der Waals surface area contributed by atoms with Gasteiger partial charge in [-0.05, 0) is 18.9 Å². The number of hydrogen-bond acceptors (Lipinski definition) is 8. The number of carbonyl (C=O) groups excluding carboxylic acids is 2. The molecule has 0 aromatic carbocycles. The topological polar surface area (TPSA) is 151 Å². The lowest BCUT2D eigenvalue weighted by atomic mass is 9.92. The lowest BCUT2D eigenvalue weighted by Crippen LogP contribution is -2.62. The van der Waals surface area contributed by atoms with Crippen molar-refractivity contribution in [3.63, 3.8) is 0 Å². The highest BCUT2D eigenvalue weighted by molar-refractivity contribution is 5.86. The number of nitrogens with one attached hydrogen (secondary N) is 1. The first-order chi connectivity index (χ1) is 10.9. The molecule has 1 aliphatic heterocycles. The maximum Gasteiger partial charge on any atom is 0.373 e. The molecule has 1 saturated carbocycles. The van der Waals surface area contributed by atoms with E-state index in [9.17, 15) is 19.8 Å². The Morgan fingerprint density at radius 2 is 2.13 bits per heavy atom. The molecule has 0 spiro atoms. The Kier molecular flexibility index (Phi) is 5.58. The van der Waals surface area contributed by atoms with Gasteiger partial charge in [0.2, 0.25) is 11.7 Å². The van der Waals surface area contributed by atoms with Gasteiger partial charge in [-0.25, -0.2) is 4.79 Å². The van der Waals surface area contributed by atoms with E-state index in [1.54, 1.807) is 0 Å². The summed E-state index contributed by atoms with van der Waals surface area (Å²) in [6, 6.07) is -1.68. The highest BCUT2D eigenvalue weighted by atomic mass is 16.6. The molecule has 1 heterocycles. The molecule has 23 heavy (non-hydrogen) atoms. The van der Waals surface area contributed by atoms with Gasteiger partial charge in [0.25, 0.3) is 0 Å². The molecule has 0 unspecified atom stereocenters. The number of aliphatic hydroxyl groups is 3. The van der Waals surface area contributed by atoms with Crippen LogP contribution in [0, 0.1) is 5.92 Å². The summed E-state index contributed by atoms with van der Waals surface area (Å²) in [5.74, 6) is -1.32. The van der Waals surface area contributed by atoms with Crippen LogP contribution in [0.3, 0.4) is 0 Å². The number of aliphatic hydroxyl groups excluding tert-OH is 3. The molecule has 130 valence electrons. The second kappa shape index (κ2) is 7.26. The van der Waals surface area contributed by atoms with Gasteiger partial charge in [0.05, 0.1) is 25.8 Å². The molecule has 0 aromatic heterocycles. The predicted molar refractivity (Wildman–Crippen MR) is 76.7 cm³/mol. The summed E-state index contributed by atoms with van der Waals surface area (Å²) >= 11 is 0. The summed E-state index contributed by atoms with van der Waals surface area (Å²) in [5.41, 5.74) is 5.97. The normalized spacial score (nSPS) is 29.8. The van der Waals surface area contributed by atoms with Crippen LogP contribution in [0.15, 0.2) is 11.8 Å². The Morgan fingerprint density at radius 3 is 2.65 bits per heavy atom. The molecule has 1 fully saturated rings. The fraction of sp³-hybridized carbons (Fsp3) is 0.714. The molecule has 9 heteroatoms. The summed E-state index contributed by atoms with van der Waals surface area (Å²) in [5, 5.41) is 31.5. The van der Waals surface area contributed by atoms with Crippen LogP contribution in [-0.4, -0.2) is 71.3 Å². The van der Waals surface area contributed by atoms with Crippen LogP contribution in [0.2, 0.25) is 0 Å². The zero-order valence-corrected chi connectivity index (χ0v) is 12.7. The van der Waals surface area contributed by atoms with Gasteiger partial charge in [0.15, 0.2) is 0 Å². The Labute approximate surface area is 133 Å². The smallest absolute Gasteiger partial charge is 0.373 e. The molecule has 0 bridgehead atoms. The second-order valence-corrected chi connectivity index (χ2v) is 5.73. The lowest BCUT2D eigenvalue weighted by Gasteiger charge is -2.39. The van der Waals surface area contributed by atoms with Gasteiger partial charge in [-0.2, -0.15) is 0 Å². The van der Waals surface area contributed by atoms with Gasteiger partial charge >= 0.3 is 5.97 Å². The second-order valence-electron chi connectivity index (χ2n) is 5.73. The fourth-order valence-electron chi connectivity index (χ4n) is 2.39. The third-order valence-corrected chi connectivity index (χ3v) is 3.94. The van der Waals surface area contributed by atoms with Gasteiger partial charge < -0.3 is 35.8 Å². The standard InChI is InChI=1S/C14H22N2O7/c1-22-14(21)9-4-7(15)10(16-13(20)6-2-3-6)12(23-9)11(19)8(18)5-17/h4,6-8,10-12,17-19H,2-3,5,15H2,1H3,(H,16,20)/t7-,8+,10+,11+,12+/m0/s1. The quantitative estimate of drug-likeness (QED) is 0.332. The molecule has 2 aliphatic rings. The van der Waals surface area contributed by atoms with Gasteiger partial charge in [-0.1, -0.05) is 0 Å². The van der Waals surface area contributed by atoms with Gasteiger partial charge in [0.1, 0.15) is 18.3 Å². The third-order valence-electron chi connectivity index (χ3n) is 3.94. The van der Waals surface area contributed by atoms with Crippen LogP contribution >= 0.6 is 0 Å². The van der Waals surface area contributed by atoms with E-state index >= 15 is 0 Å². The number of nitrogens with two attached hydrogens (primary N) is 1. The van der Waals surface area contributed by atoms with E-state index in [1.165, 1.54) is 6.08 Å². The Hall–Kier alpha value is -1.68. The minimum atomic E-state index is -1.55. The van der Waals surface area contributed by atoms with Crippen molar-refractivity contribution in [3.05, 3.63) is 11.8 Å². The summed E-state index contributed by atoms with van der Waals surface area (Å²) in [4.78, 5) is 23.6. The number of hydrogen-bond donors (Lipinski definition) is 5. The number of ether oxygens (including phenoxy) is 2. The van der Waals surface area contributed by atoms with Crippen molar-refractivity contribution >= 4 is 11.9 Å². The fourth-order valence-corrected chi connectivity index (χ4v) is 2.39. The first kappa shape index (κ1) is 17.7. The van der Waals surface area contributed by atoms with Crippen molar-refractivity contribution in [2.24, 2.45) is 11.7 Å². The largest absolute Gasteiger partial charge is 0.478 e. The van der Waals surface area contributed by atoms with Gasteiger partial charge in [-0.15, -0.1) is 0 Å². The maximum absolute atomic E-state index is 12.0. The monoisotopic (exact) mass is 330 g/mol. The minimum absolute atomic E-state index is 0.0891. The highest BCUT2D eigenvalue weighted by Gasteiger charge is 2.44. The van der Waals surface area contributed by atoms with Crippen LogP contribution in [0.1, 0.15) is 12.8 Å². The van der Waals surface area contributed by atoms with Gasteiger partial charge in [-0.3, -0.25) is 4.79 Å². The lowest BCUT2D eigenvalue weighted by molar-refractivity contribution is -0.149. The van der Waals surface area contributed by atoms with Crippen molar-refractivity contribution in [2.75, 3.05) is 13.7 Å². The Balaban J connectivity index is 2.21. The van der Waals surface area contributed by atoms with E-state index in [0.29, 0.717) is 0 Å². The Morgan fingerprint density at radius 1 is 1.48 bits per heavy atom. The maximum atomic E-state index is 12.0. The van der Waals surface area contributed by atoms with E-state index in [1.807, 2.05) is 0 Å². The van der Waals surface area contributed by atoms with Crippen LogP contribution < -0.4 is 11.1 Å².